The summed E-state index contributed by atoms with van der Waals surface area (Å²) in [6.07, 6.45) is 0. The summed E-state index contributed by atoms with van der Waals surface area (Å²) < 4.78 is 28.3. The van der Waals surface area contributed by atoms with Crippen LogP contribution in [0.4, 0.5) is 0 Å². The van der Waals surface area contributed by atoms with E-state index in [9.17, 15) is 8.42 Å². The van der Waals surface area contributed by atoms with Gasteiger partial charge in [-0.2, -0.15) is 9.57 Å². The Kier molecular flexibility index (Phi) is 5.80. The highest BCUT2D eigenvalue weighted by Gasteiger charge is 2.36. The number of thioether (sulfide) groups is 1. The molecule has 1 fully saturated rings. The van der Waals surface area contributed by atoms with Crippen molar-refractivity contribution in [1.29, 1.82) is 5.26 Å². The van der Waals surface area contributed by atoms with E-state index in [1.807, 2.05) is 30.3 Å². The smallest absolute Gasteiger partial charge is 0.207 e. The van der Waals surface area contributed by atoms with E-state index in [4.69, 9.17) is 16.9 Å². The molecule has 8 heteroatoms. The van der Waals surface area contributed by atoms with Crippen LogP contribution in [0.25, 0.3) is 0 Å². The van der Waals surface area contributed by atoms with Gasteiger partial charge >= 0.3 is 0 Å². The van der Waals surface area contributed by atoms with Crippen LogP contribution in [0.1, 0.15) is 5.56 Å². The third-order valence-electron chi connectivity index (χ3n) is 3.98. The Balaban J connectivity index is 1.81. The van der Waals surface area contributed by atoms with E-state index in [0.29, 0.717) is 12.1 Å². The molecule has 0 aliphatic carbocycles. The van der Waals surface area contributed by atoms with Crippen LogP contribution in [0.2, 0.25) is 5.02 Å². The van der Waals surface area contributed by atoms with Gasteiger partial charge in [0.15, 0.2) is 0 Å². The maximum atomic E-state index is 12.9. The molecule has 1 heterocycles. The molecule has 0 radical (unpaired) electrons. The summed E-state index contributed by atoms with van der Waals surface area (Å²) in [4.78, 5) is 1.07. The predicted octanol–water partition coefficient (Wildman–Crippen LogP) is 4.70. The van der Waals surface area contributed by atoms with Gasteiger partial charge in [0.1, 0.15) is 4.90 Å². The van der Waals surface area contributed by atoms with Crippen molar-refractivity contribution in [1.82, 2.24) is 4.31 Å². The van der Waals surface area contributed by atoms with Crippen molar-refractivity contribution >= 4 is 49.3 Å². The molecular weight excluding hydrogens is 456 g/mol. The average molecular weight is 470 g/mol. The maximum absolute atomic E-state index is 12.9. The number of nitriles is 1. The van der Waals surface area contributed by atoms with Crippen molar-refractivity contribution in [3.8, 4) is 6.07 Å². The standard InChI is InChI=1S/C18H14BrClN2O2S2/c1-12-10-22(11-17(12)25-15-5-3-14(19)4-6-15)26(23,24)18-7-2-13(9-21)8-16(18)20/h2-8,17H,1,10-11H2/t17-/m0/s1. The lowest BCUT2D eigenvalue weighted by molar-refractivity contribution is 0.483. The third-order valence-corrected chi connectivity index (χ3v) is 8.11. The molecule has 0 bridgehead atoms. The van der Waals surface area contributed by atoms with Crippen molar-refractivity contribution in [2.24, 2.45) is 0 Å². The van der Waals surface area contributed by atoms with Gasteiger partial charge in [0.2, 0.25) is 10.0 Å². The van der Waals surface area contributed by atoms with E-state index in [-0.39, 0.29) is 21.7 Å². The Labute approximate surface area is 170 Å². The molecule has 4 nitrogen and oxygen atoms in total. The zero-order valence-electron chi connectivity index (χ0n) is 13.5. The van der Waals surface area contributed by atoms with Gasteiger partial charge in [-0.1, -0.05) is 34.1 Å². The number of hydrogen-bond acceptors (Lipinski definition) is 4. The topological polar surface area (TPSA) is 61.2 Å². The molecular formula is C18H14BrClN2O2S2. The predicted molar refractivity (Wildman–Crippen MR) is 108 cm³/mol. The zero-order chi connectivity index (χ0) is 18.9. The molecule has 1 aliphatic heterocycles. The molecule has 0 spiro atoms. The molecule has 2 aromatic carbocycles. The molecule has 1 saturated heterocycles. The maximum Gasteiger partial charge on any atom is 0.244 e. The van der Waals surface area contributed by atoms with Gasteiger partial charge in [0, 0.05) is 27.7 Å². The molecule has 26 heavy (non-hydrogen) atoms. The Hall–Kier alpha value is -1.30. The minimum atomic E-state index is -3.75. The van der Waals surface area contributed by atoms with Crippen LogP contribution < -0.4 is 0 Å². The van der Waals surface area contributed by atoms with E-state index in [1.54, 1.807) is 11.8 Å². The summed E-state index contributed by atoms with van der Waals surface area (Å²) in [5, 5.41) is 8.94. The second-order valence-corrected chi connectivity index (χ2v) is 10.3. The van der Waals surface area contributed by atoms with Crippen molar-refractivity contribution in [2.75, 3.05) is 13.1 Å². The highest BCUT2D eigenvalue weighted by molar-refractivity contribution is 9.10. The molecule has 0 saturated carbocycles. The van der Waals surface area contributed by atoms with Gasteiger partial charge in [0.25, 0.3) is 0 Å². The fourth-order valence-electron chi connectivity index (χ4n) is 2.61. The van der Waals surface area contributed by atoms with Crippen LogP contribution in [-0.2, 0) is 10.0 Å². The third kappa shape index (κ3) is 4.00. The first-order chi connectivity index (χ1) is 12.3. The molecule has 0 aromatic heterocycles. The lowest BCUT2D eigenvalue weighted by Gasteiger charge is -2.17. The molecule has 1 aliphatic rings. The van der Waals surface area contributed by atoms with Crippen LogP contribution in [0.3, 0.4) is 0 Å². The lowest BCUT2D eigenvalue weighted by Crippen LogP contribution is -2.29. The lowest BCUT2D eigenvalue weighted by atomic mass is 10.2. The molecule has 2 aromatic rings. The van der Waals surface area contributed by atoms with Gasteiger partial charge in [-0.3, -0.25) is 0 Å². The summed E-state index contributed by atoms with van der Waals surface area (Å²) in [5.41, 5.74) is 1.18. The fourth-order valence-corrected chi connectivity index (χ4v) is 6.06. The molecule has 134 valence electrons. The zero-order valence-corrected chi connectivity index (χ0v) is 17.5. The van der Waals surface area contributed by atoms with Crippen LogP contribution in [0.15, 0.2) is 68.9 Å². The van der Waals surface area contributed by atoms with Crippen LogP contribution >= 0.6 is 39.3 Å². The quantitative estimate of drug-likeness (QED) is 0.609. The van der Waals surface area contributed by atoms with Gasteiger partial charge in [-0.25, -0.2) is 8.42 Å². The SMILES string of the molecule is C=C1CN(S(=O)(=O)c2ccc(C#N)cc2Cl)C[C@@H]1Sc1ccc(Br)cc1. The summed E-state index contributed by atoms with van der Waals surface area (Å²) in [6, 6.07) is 14.0. The fraction of sp³-hybridized carbons (Fsp3) is 0.167. The van der Waals surface area contributed by atoms with Gasteiger partial charge < -0.3 is 0 Å². The molecule has 3 rings (SSSR count). The minimum absolute atomic E-state index is 0.0141. The van der Waals surface area contributed by atoms with Gasteiger partial charge in [-0.05, 0) is 48.0 Å². The van der Waals surface area contributed by atoms with Crippen LogP contribution in [0.5, 0.6) is 0 Å². The second-order valence-electron chi connectivity index (χ2n) is 5.77. The van der Waals surface area contributed by atoms with Gasteiger partial charge in [-0.15, -0.1) is 11.8 Å². The van der Waals surface area contributed by atoms with E-state index >= 15 is 0 Å². The number of benzene rings is 2. The number of halogens is 2. The first-order valence-corrected chi connectivity index (χ1v) is 11.1. The number of nitrogens with zero attached hydrogens (tertiary/aromatic N) is 2. The Morgan fingerprint density at radius 1 is 1.27 bits per heavy atom. The average Bonchev–Trinajstić information content (AvgIpc) is 2.98. The molecule has 0 N–H and O–H groups in total. The van der Waals surface area contributed by atoms with Gasteiger partial charge in [0.05, 0.1) is 16.7 Å². The van der Waals surface area contributed by atoms with Crippen molar-refractivity contribution in [3.05, 3.63) is 69.7 Å². The van der Waals surface area contributed by atoms with Crippen molar-refractivity contribution < 1.29 is 8.42 Å². The number of rotatable bonds is 4. The largest absolute Gasteiger partial charge is 0.244 e. The van der Waals surface area contributed by atoms with Crippen molar-refractivity contribution in [2.45, 2.75) is 15.0 Å². The summed E-state index contributed by atoms with van der Waals surface area (Å²) in [7, 11) is -3.75. The van der Waals surface area contributed by atoms with E-state index in [2.05, 4.69) is 22.5 Å². The van der Waals surface area contributed by atoms with Crippen molar-refractivity contribution in [3.63, 3.8) is 0 Å². The normalized spacial score (nSPS) is 18.0. The highest BCUT2D eigenvalue weighted by atomic mass is 79.9. The molecule has 0 unspecified atom stereocenters. The summed E-state index contributed by atoms with van der Waals surface area (Å²) >= 11 is 11.1. The first-order valence-electron chi connectivity index (χ1n) is 7.61. The van der Waals surface area contributed by atoms with E-state index in [1.165, 1.54) is 22.5 Å². The van der Waals surface area contributed by atoms with E-state index < -0.39 is 10.0 Å². The highest BCUT2D eigenvalue weighted by Crippen LogP contribution is 2.36. The number of hydrogen-bond donors (Lipinski definition) is 0. The molecule has 1 atom stereocenters. The second kappa shape index (κ2) is 7.75. The summed E-state index contributed by atoms with van der Waals surface area (Å²) in [5.74, 6) is 0. The Bertz CT molecular complexity index is 1000. The van der Waals surface area contributed by atoms with Crippen LogP contribution in [0, 0.1) is 11.3 Å². The molecule has 0 amide bonds. The Morgan fingerprint density at radius 3 is 2.58 bits per heavy atom. The van der Waals surface area contributed by atoms with Crippen LogP contribution in [-0.4, -0.2) is 31.1 Å². The summed E-state index contributed by atoms with van der Waals surface area (Å²) in [6.45, 7) is 4.63. The van der Waals surface area contributed by atoms with E-state index in [0.717, 1.165) is 14.9 Å². The minimum Gasteiger partial charge on any atom is -0.207 e. The first kappa shape index (κ1) is 19.5. The number of sulfonamides is 1. The monoisotopic (exact) mass is 468 g/mol. The Morgan fingerprint density at radius 2 is 1.96 bits per heavy atom.